The van der Waals surface area contributed by atoms with Crippen molar-refractivity contribution in [3.63, 3.8) is 0 Å². The molecule has 9 nitrogen and oxygen atoms in total. The molecular formula is C14H10N2O7S. The van der Waals surface area contributed by atoms with Gasteiger partial charge in [-0.1, -0.05) is 0 Å². The Balaban J connectivity index is 2.06. The number of carbonyl (C=O) groups excluding carboxylic acids is 2. The normalized spacial score (nSPS) is 19.2. The van der Waals surface area contributed by atoms with E-state index in [1.807, 2.05) is 0 Å². The molecule has 0 unspecified atom stereocenters. The highest BCUT2D eigenvalue weighted by Crippen LogP contribution is 2.35. The third-order valence-corrected chi connectivity index (χ3v) is 5.37. The van der Waals surface area contributed by atoms with E-state index in [0.717, 1.165) is 36.4 Å². The summed E-state index contributed by atoms with van der Waals surface area (Å²) in [5.41, 5.74) is -1.98. The lowest BCUT2D eigenvalue weighted by molar-refractivity contribution is -0.384. The molecule has 0 atom stereocenters. The minimum Gasteiger partial charge on any atom is -0.337 e. The molecule has 2 aliphatic rings. The summed E-state index contributed by atoms with van der Waals surface area (Å²) in [6, 6.07) is 4.12. The molecule has 1 aromatic rings. The largest absolute Gasteiger partial charge is 0.337 e. The van der Waals surface area contributed by atoms with Crippen molar-refractivity contribution in [1.29, 1.82) is 0 Å². The molecular weight excluding hydrogens is 340 g/mol. The lowest BCUT2D eigenvalue weighted by Crippen LogP contribution is -2.48. The summed E-state index contributed by atoms with van der Waals surface area (Å²) in [6.07, 6.45) is 4.58. The first-order valence-corrected chi connectivity index (χ1v) is 8.09. The monoisotopic (exact) mass is 350 g/mol. The van der Waals surface area contributed by atoms with Crippen molar-refractivity contribution in [2.75, 3.05) is 6.61 Å². The molecule has 124 valence electrons. The summed E-state index contributed by atoms with van der Waals surface area (Å²) in [4.78, 5) is 33.0. The molecule has 1 aliphatic carbocycles. The van der Waals surface area contributed by atoms with Gasteiger partial charge in [0.25, 0.3) is 21.6 Å². The minimum absolute atomic E-state index is 0.282. The molecule has 1 spiro atoms. The molecule has 1 heterocycles. The number of ether oxygens (including phenoxy) is 1. The SMILES string of the molecule is O=C1C=CC2(C=C1)OCC(=O)N2S(=O)(=O)c1ccc([N+](=O)[O-])cc1. The van der Waals surface area contributed by atoms with Crippen LogP contribution in [0.15, 0.2) is 53.5 Å². The lowest BCUT2D eigenvalue weighted by Gasteiger charge is -2.31. The fourth-order valence-corrected chi connectivity index (χ4v) is 3.96. The van der Waals surface area contributed by atoms with Crippen molar-refractivity contribution in [3.05, 3.63) is 58.7 Å². The van der Waals surface area contributed by atoms with Crippen molar-refractivity contribution in [3.8, 4) is 0 Å². The van der Waals surface area contributed by atoms with Gasteiger partial charge in [0.1, 0.15) is 6.61 Å². The van der Waals surface area contributed by atoms with Crippen molar-refractivity contribution < 1.29 is 27.7 Å². The van der Waals surface area contributed by atoms with E-state index < -0.39 is 33.2 Å². The van der Waals surface area contributed by atoms with Crippen LogP contribution in [0.3, 0.4) is 0 Å². The van der Waals surface area contributed by atoms with E-state index in [-0.39, 0.29) is 16.4 Å². The number of rotatable bonds is 3. The molecule has 0 radical (unpaired) electrons. The summed E-state index contributed by atoms with van der Waals surface area (Å²) in [5.74, 6) is -1.17. The van der Waals surface area contributed by atoms with E-state index in [4.69, 9.17) is 4.74 Å². The number of nitro benzene ring substituents is 1. The highest BCUT2D eigenvalue weighted by Gasteiger charge is 2.51. The van der Waals surface area contributed by atoms with Gasteiger partial charge >= 0.3 is 0 Å². The average molecular weight is 350 g/mol. The molecule has 1 aliphatic heterocycles. The van der Waals surface area contributed by atoms with Crippen molar-refractivity contribution in [2.45, 2.75) is 10.6 Å². The number of allylic oxidation sites excluding steroid dienone is 2. The summed E-state index contributed by atoms with van der Waals surface area (Å²) < 4.78 is 31.4. The maximum absolute atomic E-state index is 12.8. The molecule has 1 saturated heterocycles. The Morgan fingerprint density at radius 3 is 2.25 bits per heavy atom. The predicted octanol–water partition coefficient (Wildman–Crippen LogP) is 0.534. The zero-order valence-corrected chi connectivity index (χ0v) is 12.8. The molecule has 0 bridgehead atoms. The van der Waals surface area contributed by atoms with Crippen LogP contribution in [0.4, 0.5) is 5.69 Å². The minimum atomic E-state index is -4.33. The second-order valence-corrected chi connectivity index (χ2v) is 6.81. The number of hydrogen-bond acceptors (Lipinski definition) is 7. The quantitative estimate of drug-likeness (QED) is 0.575. The molecule has 1 amide bonds. The first-order valence-electron chi connectivity index (χ1n) is 6.65. The number of nitrogens with zero attached hydrogens (tertiary/aromatic N) is 2. The number of hydrogen-bond donors (Lipinski definition) is 0. The number of sulfonamides is 1. The first-order chi connectivity index (χ1) is 11.3. The molecule has 0 saturated carbocycles. The van der Waals surface area contributed by atoms with Crippen LogP contribution in [-0.4, -0.2) is 41.7 Å². The molecule has 10 heteroatoms. The fraction of sp³-hybridized carbons (Fsp3) is 0.143. The van der Waals surface area contributed by atoms with Crippen LogP contribution in [-0.2, 0) is 24.3 Å². The lowest BCUT2D eigenvalue weighted by atomic mass is 10.1. The number of non-ortho nitro benzene ring substituents is 1. The van der Waals surface area contributed by atoms with E-state index in [1.54, 1.807) is 0 Å². The van der Waals surface area contributed by atoms with Gasteiger partial charge < -0.3 is 4.74 Å². The number of ketones is 1. The van der Waals surface area contributed by atoms with Gasteiger partial charge in [0, 0.05) is 12.1 Å². The number of nitro groups is 1. The summed E-state index contributed by atoms with van der Waals surface area (Å²) in [5, 5.41) is 10.7. The van der Waals surface area contributed by atoms with E-state index in [0.29, 0.717) is 4.31 Å². The van der Waals surface area contributed by atoms with Crippen LogP contribution in [0.2, 0.25) is 0 Å². The Labute approximate surface area is 136 Å². The van der Waals surface area contributed by atoms with Crippen LogP contribution >= 0.6 is 0 Å². The molecule has 0 aromatic heterocycles. The predicted molar refractivity (Wildman–Crippen MR) is 79.1 cm³/mol. The number of amides is 1. The third kappa shape index (κ3) is 2.41. The third-order valence-electron chi connectivity index (χ3n) is 3.53. The van der Waals surface area contributed by atoms with E-state index in [1.165, 1.54) is 12.2 Å². The average Bonchev–Trinajstić information content (AvgIpc) is 2.88. The molecule has 24 heavy (non-hydrogen) atoms. The smallest absolute Gasteiger partial charge is 0.269 e. The summed E-state index contributed by atoms with van der Waals surface area (Å²) >= 11 is 0. The second kappa shape index (κ2) is 5.35. The maximum atomic E-state index is 12.8. The Morgan fingerprint density at radius 1 is 1.12 bits per heavy atom. The van der Waals surface area contributed by atoms with Crippen LogP contribution in [0.5, 0.6) is 0 Å². The maximum Gasteiger partial charge on any atom is 0.269 e. The van der Waals surface area contributed by atoms with E-state index in [2.05, 4.69) is 0 Å². The summed E-state index contributed by atoms with van der Waals surface area (Å²) in [7, 11) is -4.33. The Kier molecular flexibility index (Phi) is 3.57. The van der Waals surface area contributed by atoms with Gasteiger partial charge in [0.15, 0.2) is 11.5 Å². The van der Waals surface area contributed by atoms with E-state index in [9.17, 15) is 28.1 Å². The summed E-state index contributed by atoms with van der Waals surface area (Å²) in [6.45, 7) is -0.477. The van der Waals surface area contributed by atoms with Gasteiger partial charge in [-0.2, -0.15) is 4.31 Å². The highest BCUT2D eigenvalue weighted by molar-refractivity contribution is 7.89. The Morgan fingerprint density at radius 2 is 1.71 bits per heavy atom. The zero-order valence-electron chi connectivity index (χ0n) is 12.0. The van der Waals surface area contributed by atoms with Gasteiger partial charge in [-0.15, -0.1) is 0 Å². The first kappa shape index (κ1) is 16.0. The second-order valence-electron chi connectivity index (χ2n) is 5.02. The van der Waals surface area contributed by atoms with Gasteiger partial charge in [0.05, 0.1) is 9.82 Å². The van der Waals surface area contributed by atoms with Crippen molar-refractivity contribution in [1.82, 2.24) is 4.31 Å². The standard InChI is InChI=1S/C14H10N2O7S/c17-11-5-7-14(8-6-11)15(13(18)9-23-14)24(21,22)12-3-1-10(2-4-12)16(19)20/h1-8H,9H2. The van der Waals surface area contributed by atoms with Gasteiger partial charge in [0.2, 0.25) is 0 Å². The van der Waals surface area contributed by atoms with Crippen molar-refractivity contribution >= 4 is 27.4 Å². The van der Waals surface area contributed by atoms with Crippen molar-refractivity contribution in [2.24, 2.45) is 0 Å². The number of carbonyl (C=O) groups is 2. The van der Waals surface area contributed by atoms with E-state index >= 15 is 0 Å². The van der Waals surface area contributed by atoms with Crippen LogP contribution < -0.4 is 0 Å². The van der Waals surface area contributed by atoms with Gasteiger partial charge in [-0.3, -0.25) is 19.7 Å². The number of benzene rings is 1. The van der Waals surface area contributed by atoms with Crippen LogP contribution in [0.1, 0.15) is 0 Å². The van der Waals surface area contributed by atoms with Gasteiger partial charge in [-0.05, 0) is 36.4 Å². The van der Waals surface area contributed by atoms with Gasteiger partial charge in [-0.25, -0.2) is 8.42 Å². The van der Waals surface area contributed by atoms with Crippen LogP contribution in [0.25, 0.3) is 0 Å². The zero-order chi connectivity index (χ0) is 17.5. The Bertz CT molecular complexity index is 884. The molecule has 1 fully saturated rings. The molecule has 1 aromatic carbocycles. The fourth-order valence-electron chi connectivity index (χ4n) is 2.40. The molecule has 0 N–H and O–H groups in total. The van der Waals surface area contributed by atoms with Crippen LogP contribution in [0, 0.1) is 10.1 Å². The highest BCUT2D eigenvalue weighted by atomic mass is 32.2. The topological polar surface area (TPSA) is 124 Å². The Hall–Kier alpha value is -2.85. The molecule has 3 rings (SSSR count).